The summed E-state index contributed by atoms with van der Waals surface area (Å²) < 4.78 is 0. The van der Waals surface area contributed by atoms with Gasteiger partial charge in [0, 0.05) is 6.04 Å². The molecule has 6 heteroatoms. The van der Waals surface area contributed by atoms with Gasteiger partial charge in [-0.1, -0.05) is 12.8 Å². The minimum atomic E-state index is -1.02. The first-order valence-electron chi connectivity index (χ1n) is 6.67. The maximum absolute atomic E-state index is 11.3. The van der Waals surface area contributed by atoms with Gasteiger partial charge in [0.1, 0.15) is 0 Å². The van der Waals surface area contributed by atoms with E-state index in [9.17, 15) is 9.59 Å². The molecule has 1 aliphatic carbocycles. The van der Waals surface area contributed by atoms with Gasteiger partial charge in [-0.15, -0.1) is 0 Å². The van der Waals surface area contributed by atoms with Crippen molar-refractivity contribution in [2.75, 3.05) is 17.2 Å². The van der Waals surface area contributed by atoms with Gasteiger partial charge in [0.05, 0.1) is 23.5 Å². The zero-order chi connectivity index (χ0) is 14.7. The van der Waals surface area contributed by atoms with Gasteiger partial charge < -0.3 is 21.5 Å². The Balaban J connectivity index is 2.32. The van der Waals surface area contributed by atoms with Crippen LogP contribution in [-0.2, 0) is 4.79 Å². The van der Waals surface area contributed by atoms with Gasteiger partial charge in [-0.25, -0.2) is 4.79 Å². The Morgan fingerprint density at radius 2 is 1.95 bits per heavy atom. The second-order valence-electron chi connectivity index (χ2n) is 5.11. The third kappa shape index (κ3) is 3.01. The molecule has 0 radical (unpaired) electrons. The van der Waals surface area contributed by atoms with Gasteiger partial charge in [-0.05, 0) is 31.0 Å². The standard InChI is InChI=1S/C14H19N3O3/c15-11-7-9(14(19)20)5-6-12(11)17(8-13(16)18)10-3-1-2-4-10/h5-7,10H,1-4,8,15H2,(H2,16,18)(H,19,20). The minimum Gasteiger partial charge on any atom is -0.478 e. The van der Waals surface area contributed by atoms with Gasteiger partial charge in [0.15, 0.2) is 0 Å². The van der Waals surface area contributed by atoms with Crippen molar-refractivity contribution < 1.29 is 14.7 Å². The molecule has 0 saturated heterocycles. The summed E-state index contributed by atoms with van der Waals surface area (Å²) in [6.45, 7) is 0.0985. The van der Waals surface area contributed by atoms with Crippen molar-refractivity contribution in [3.05, 3.63) is 23.8 Å². The Hall–Kier alpha value is -2.24. The lowest BCUT2D eigenvalue weighted by Crippen LogP contribution is -2.40. The van der Waals surface area contributed by atoms with Crippen LogP contribution in [-0.4, -0.2) is 29.6 Å². The van der Waals surface area contributed by atoms with Crippen molar-refractivity contribution in [1.82, 2.24) is 0 Å². The number of nitrogens with two attached hydrogens (primary N) is 2. The smallest absolute Gasteiger partial charge is 0.335 e. The largest absolute Gasteiger partial charge is 0.478 e. The zero-order valence-corrected chi connectivity index (χ0v) is 11.2. The topological polar surface area (TPSA) is 110 Å². The van der Waals surface area contributed by atoms with E-state index in [1.165, 1.54) is 12.1 Å². The molecule has 2 rings (SSSR count). The van der Waals surface area contributed by atoms with Crippen molar-refractivity contribution in [2.45, 2.75) is 31.7 Å². The highest BCUT2D eigenvalue weighted by molar-refractivity contribution is 5.91. The first-order valence-corrected chi connectivity index (χ1v) is 6.67. The monoisotopic (exact) mass is 277 g/mol. The Morgan fingerprint density at radius 1 is 1.30 bits per heavy atom. The van der Waals surface area contributed by atoms with Crippen molar-refractivity contribution in [3.8, 4) is 0 Å². The van der Waals surface area contributed by atoms with Crippen molar-refractivity contribution >= 4 is 23.3 Å². The predicted molar refractivity (Wildman–Crippen MR) is 76.6 cm³/mol. The van der Waals surface area contributed by atoms with Gasteiger partial charge in [0.2, 0.25) is 5.91 Å². The molecule has 0 heterocycles. The molecule has 1 aromatic rings. The number of amides is 1. The molecule has 1 aromatic carbocycles. The summed E-state index contributed by atoms with van der Waals surface area (Å²) in [5, 5.41) is 8.95. The Labute approximate surface area is 117 Å². The number of carboxylic acid groups (broad SMARTS) is 1. The molecule has 0 unspecified atom stereocenters. The summed E-state index contributed by atoms with van der Waals surface area (Å²) in [5.41, 5.74) is 12.4. The molecule has 1 aliphatic rings. The van der Waals surface area contributed by atoms with Crippen molar-refractivity contribution in [3.63, 3.8) is 0 Å². The van der Waals surface area contributed by atoms with E-state index < -0.39 is 11.9 Å². The average molecular weight is 277 g/mol. The summed E-state index contributed by atoms with van der Waals surface area (Å²) in [7, 11) is 0. The first-order chi connectivity index (χ1) is 9.49. The molecular formula is C14H19N3O3. The fourth-order valence-electron chi connectivity index (χ4n) is 2.74. The summed E-state index contributed by atoms with van der Waals surface area (Å²) >= 11 is 0. The number of primary amides is 1. The maximum Gasteiger partial charge on any atom is 0.335 e. The maximum atomic E-state index is 11.3. The number of hydrogen-bond acceptors (Lipinski definition) is 4. The highest BCUT2D eigenvalue weighted by atomic mass is 16.4. The number of carbonyl (C=O) groups is 2. The van der Waals surface area contributed by atoms with E-state index in [-0.39, 0.29) is 18.2 Å². The van der Waals surface area contributed by atoms with Gasteiger partial charge in [-0.2, -0.15) is 0 Å². The minimum absolute atomic E-state index is 0.0985. The zero-order valence-electron chi connectivity index (χ0n) is 11.2. The molecule has 20 heavy (non-hydrogen) atoms. The molecule has 1 saturated carbocycles. The Bertz CT molecular complexity index is 524. The Morgan fingerprint density at radius 3 is 2.45 bits per heavy atom. The number of rotatable bonds is 5. The lowest BCUT2D eigenvalue weighted by Gasteiger charge is -2.31. The number of carbonyl (C=O) groups excluding carboxylic acids is 1. The molecular weight excluding hydrogens is 258 g/mol. The molecule has 0 bridgehead atoms. The van der Waals surface area contributed by atoms with Gasteiger partial charge in [0.25, 0.3) is 0 Å². The predicted octanol–water partition coefficient (Wildman–Crippen LogP) is 1.20. The van der Waals surface area contributed by atoms with Crippen LogP contribution in [0.3, 0.4) is 0 Å². The van der Waals surface area contributed by atoms with Crippen molar-refractivity contribution in [2.24, 2.45) is 5.73 Å². The second kappa shape index (κ2) is 5.81. The summed E-state index contributed by atoms with van der Waals surface area (Å²) in [5.74, 6) is -1.44. The van der Waals surface area contributed by atoms with Crippen molar-refractivity contribution in [1.29, 1.82) is 0 Å². The fourth-order valence-corrected chi connectivity index (χ4v) is 2.74. The number of nitrogen functional groups attached to an aromatic ring is 1. The molecule has 5 N–H and O–H groups in total. The summed E-state index contributed by atoms with van der Waals surface area (Å²) in [6.07, 6.45) is 4.22. The van der Waals surface area contributed by atoms with Crippen LogP contribution in [0.15, 0.2) is 18.2 Å². The SMILES string of the molecule is NC(=O)CN(c1ccc(C(=O)O)cc1N)C1CCCC1. The number of anilines is 2. The highest BCUT2D eigenvalue weighted by Crippen LogP contribution is 2.32. The molecule has 0 aromatic heterocycles. The van der Waals surface area contributed by atoms with E-state index in [4.69, 9.17) is 16.6 Å². The summed E-state index contributed by atoms with van der Waals surface area (Å²) in [6, 6.07) is 4.80. The second-order valence-corrected chi connectivity index (χ2v) is 5.11. The normalized spacial score (nSPS) is 15.2. The van der Waals surface area contributed by atoms with E-state index >= 15 is 0 Å². The van der Waals surface area contributed by atoms with Gasteiger partial charge >= 0.3 is 5.97 Å². The van der Waals surface area contributed by atoms with Crippen LogP contribution in [0.1, 0.15) is 36.0 Å². The Kier molecular flexibility index (Phi) is 4.12. The molecule has 0 spiro atoms. The lowest BCUT2D eigenvalue weighted by atomic mass is 10.1. The van der Waals surface area contributed by atoms with E-state index in [0.29, 0.717) is 11.4 Å². The van der Waals surface area contributed by atoms with E-state index in [1.54, 1.807) is 6.07 Å². The third-order valence-corrected chi connectivity index (χ3v) is 3.68. The van der Waals surface area contributed by atoms with Crippen LogP contribution >= 0.6 is 0 Å². The van der Waals surface area contributed by atoms with Crippen LogP contribution in [0.25, 0.3) is 0 Å². The fraction of sp³-hybridized carbons (Fsp3) is 0.429. The molecule has 1 amide bonds. The van der Waals surface area contributed by atoms with Crippen LogP contribution in [0.5, 0.6) is 0 Å². The molecule has 0 aliphatic heterocycles. The average Bonchev–Trinajstić information content (AvgIpc) is 2.89. The number of benzene rings is 1. The lowest BCUT2D eigenvalue weighted by molar-refractivity contribution is -0.116. The van der Waals surface area contributed by atoms with E-state index in [2.05, 4.69) is 0 Å². The highest BCUT2D eigenvalue weighted by Gasteiger charge is 2.25. The van der Waals surface area contributed by atoms with E-state index in [0.717, 1.165) is 25.7 Å². The number of carboxylic acids is 1. The quantitative estimate of drug-likeness (QED) is 0.700. The van der Waals surface area contributed by atoms with E-state index in [1.807, 2.05) is 4.90 Å². The first kappa shape index (κ1) is 14.2. The summed E-state index contributed by atoms with van der Waals surface area (Å²) in [4.78, 5) is 24.1. The number of aromatic carboxylic acids is 1. The molecule has 108 valence electrons. The van der Waals surface area contributed by atoms with Gasteiger partial charge in [-0.3, -0.25) is 4.79 Å². The third-order valence-electron chi connectivity index (χ3n) is 3.68. The number of nitrogens with zero attached hydrogens (tertiary/aromatic N) is 1. The van der Waals surface area contributed by atoms with Crippen LogP contribution in [0, 0.1) is 0 Å². The number of hydrogen-bond donors (Lipinski definition) is 3. The van der Waals surface area contributed by atoms with Crippen LogP contribution in [0.4, 0.5) is 11.4 Å². The van der Waals surface area contributed by atoms with Crippen LogP contribution in [0.2, 0.25) is 0 Å². The molecule has 6 nitrogen and oxygen atoms in total. The molecule has 1 fully saturated rings. The van der Waals surface area contributed by atoms with Crippen LogP contribution < -0.4 is 16.4 Å². The molecule has 0 atom stereocenters.